The second-order valence-corrected chi connectivity index (χ2v) is 3.74. The van der Waals surface area contributed by atoms with Gasteiger partial charge in [-0.25, -0.2) is 8.78 Å². The number of hydrogen-bond donors (Lipinski definition) is 1. The Kier molecular flexibility index (Phi) is 5.03. The minimum atomic E-state index is -0.933. The van der Waals surface area contributed by atoms with Crippen LogP contribution in [0.4, 0.5) is 8.78 Å². The highest BCUT2D eigenvalue weighted by molar-refractivity contribution is 6.30. The Hall–Kier alpha value is -1.69. The van der Waals surface area contributed by atoms with Gasteiger partial charge in [0.25, 0.3) is 5.91 Å². The molecule has 0 radical (unpaired) electrons. The quantitative estimate of drug-likeness (QED) is 0.676. The molecule has 0 aliphatic carbocycles. The molecule has 7 heteroatoms. The molecule has 0 saturated carbocycles. The van der Waals surface area contributed by atoms with Crippen LogP contribution in [-0.4, -0.2) is 25.5 Å². The van der Waals surface area contributed by atoms with Crippen LogP contribution in [0.3, 0.4) is 0 Å². The third kappa shape index (κ3) is 3.66. The highest BCUT2D eigenvalue weighted by Crippen LogP contribution is 2.19. The molecular weight excluding hydrogens is 268 g/mol. The molecule has 0 aromatic heterocycles. The summed E-state index contributed by atoms with van der Waals surface area (Å²) >= 11 is 5.35. The Balaban J connectivity index is 2.67. The third-order valence-electron chi connectivity index (χ3n) is 2.10. The lowest BCUT2D eigenvalue weighted by atomic mass is 10.2. The van der Waals surface area contributed by atoms with Gasteiger partial charge in [-0.3, -0.25) is 9.59 Å². The van der Waals surface area contributed by atoms with E-state index in [2.05, 4.69) is 10.1 Å². The van der Waals surface area contributed by atoms with E-state index in [9.17, 15) is 18.4 Å². The van der Waals surface area contributed by atoms with E-state index in [-0.39, 0.29) is 13.0 Å². The zero-order valence-corrected chi connectivity index (χ0v) is 10.2. The number of benzene rings is 1. The molecule has 0 heterocycles. The Morgan fingerprint density at radius 2 is 2.00 bits per heavy atom. The van der Waals surface area contributed by atoms with Gasteiger partial charge in [-0.05, 0) is 12.1 Å². The van der Waals surface area contributed by atoms with Crippen LogP contribution >= 0.6 is 11.6 Å². The molecule has 1 aromatic carbocycles. The SMILES string of the molecule is COC(=O)CCNC(=O)c1cc(F)c(Cl)cc1F. The van der Waals surface area contributed by atoms with Crippen LogP contribution in [0.5, 0.6) is 0 Å². The van der Waals surface area contributed by atoms with E-state index in [0.717, 1.165) is 0 Å². The summed E-state index contributed by atoms with van der Waals surface area (Å²) in [6, 6.07) is 1.41. The fourth-order valence-electron chi connectivity index (χ4n) is 1.17. The Bertz CT molecular complexity index is 480. The van der Waals surface area contributed by atoms with Gasteiger partial charge in [0.05, 0.1) is 24.1 Å². The lowest BCUT2D eigenvalue weighted by Crippen LogP contribution is -2.27. The molecule has 1 rings (SSSR count). The van der Waals surface area contributed by atoms with Crippen LogP contribution in [-0.2, 0) is 9.53 Å². The minimum absolute atomic E-state index is 0.0325. The minimum Gasteiger partial charge on any atom is -0.469 e. The summed E-state index contributed by atoms with van der Waals surface area (Å²) in [5.41, 5.74) is -0.471. The molecular formula is C11H10ClF2NO3. The maximum Gasteiger partial charge on any atom is 0.307 e. The molecule has 1 aromatic rings. The predicted molar refractivity (Wildman–Crippen MR) is 60.3 cm³/mol. The maximum atomic E-state index is 13.3. The average Bonchev–Trinajstić information content (AvgIpc) is 2.33. The first-order chi connectivity index (χ1) is 8.45. The summed E-state index contributed by atoms with van der Waals surface area (Å²) in [5, 5.41) is 1.86. The molecule has 0 saturated heterocycles. The molecule has 0 aliphatic heterocycles. The lowest BCUT2D eigenvalue weighted by molar-refractivity contribution is -0.140. The standard InChI is InChI=1S/C11H10ClF2NO3/c1-18-10(16)2-3-15-11(17)6-4-9(14)7(12)5-8(6)13/h4-5H,2-3H2,1H3,(H,15,17). The van der Waals surface area contributed by atoms with Crippen LogP contribution < -0.4 is 5.32 Å². The van der Waals surface area contributed by atoms with E-state index in [1.807, 2.05) is 0 Å². The van der Waals surface area contributed by atoms with E-state index in [0.29, 0.717) is 12.1 Å². The summed E-state index contributed by atoms with van der Waals surface area (Å²) < 4.78 is 30.8. The Morgan fingerprint density at radius 1 is 1.33 bits per heavy atom. The molecule has 98 valence electrons. The van der Waals surface area contributed by atoms with Crippen molar-refractivity contribution in [2.75, 3.05) is 13.7 Å². The Morgan fingerprint density at radius 3 is 2.61 bits per heavy atom. The van der Waals surface area contributed by atoms with Gasteiger partial charge in [-0.2, -0.15) is 0 Å². The van der Waals surface area contributed by atoms with Crippen LogP contribution in [0.15, 0.2) is 12.1 Å². The third-order valence-corrected chi connectivity index (χ3v) is 2.39. The molecule has 0 atom stereocenters. The first kappa shape index (κ1) is 14.4. The van der Waals surface area contributed by atoms with Gasteiger partial charge in [0.2, 0.25) is 0 Å². The lowest BCUT2D eigenvalue weighted by Gasteiger charge is -2.06. The van der Waals surface area contributed by atoms with Gasteiger partial charge in [0.15, 0.2) is 0 Å². The van der Waals surface area contributed by atoms with Crippen molar-refractivity contribution in [1.29, 1.82) is 0 Å². The first-order valence-electron chi connectivity index (χ1n) is 4.95. The van der Waals surface area contributed by atoms with Crippen molar-refractivity contribution in [2.24, 2.45) is 0 Å². The van der Waals surface area contributed by atoms with Gasteiger partial charge >= 0.3 is 5.97 Å². The van der Waals surface area contributed by atoms with Crippen LogP contribution in [0.1, 0.15) is 16.8 Å². The van der Waals surface area contributed by atoms with Gasteiger partial charge in [0.1, 0.15) is 11.6 Å². The van der Waals surface area contributed by atoms with Crippen molar-refractivity contribution in [1.82, 2.24) is 5.32 Å². The Labute approximate surface area is 107 Å². The van der Waals surface area contributed by atoms with Crippen molar-refractivity contribution < 1.29 is 23.1 Å². The number of methoxy groups -OCH3 is 1. The molecule has 1 N–H and O–H groups in total. The van der Waals surface area contributed by atoms with Crippen molar-refractivity contribution in [3.63, 3.8) is 0 Å². The van der Waals surface area contributed by atoms with Crippen LogP contribution in [0.25, 0.3) is 0 Å². The van der Waals surface area contributed by atoms with Gasteiger partial charge in [-0.1, -0.05) is 11.6 Å². The molecule has 1 amide bonds. The maximum absolute atomic E-state index is 13.3. The number of nitrogens with one attached hydrogen (secondary N) is 1. The molecule has 0 fully saturated rings. The first-order valence-corrected chi connectivity index (χ1v) is 5.33. The second-order valence-electron chi connectivity index (χ2n) is 3.33. The summed E-state index contributed by atoms with van der Waals surface area (Å²) in [5.74, 6) is -3.17. The van der Waals surface area contributed by atoms with E-state index in [1.165, 1.54) is 7.11 Å². The van der Waals surface area contributed by atoms with Crippen LogP contribution in [0, 0.1) is 11.6 Å². The number of ether oxygens (including phenoxy) is 1. The summed E-state index contributed by atoms with van der Waals surface area (Å²) in [7, 11) is 1.21. The molecule has 0 bridgehead atoms. The number of esters is 1. The molecule has 0 unspecified atom stereocenters. The number of rotatable bonds is 4. The highest BCUT2D eigenvalue weighted by Gasteiger charge is 2.15. The fraction of sp³-hybridized carbons (Fsp3) is 0.273. The predicted octanol–water partition coefficient (Wildman–Crippen LogP) is 1.91. The summed E-state index contributed by atoms with van der Waals surface area (Å²) in [6.07, 6.45) is -0.0556. The summed E-state index contributed by atoms with van der Waals surface area (Å²) in [4.78, 5) is 22.3. The molecule has 0 spiro atoms. The zero-order valence-electron chi connectivity index (χ0n) is 9.43. The molecule has 18 heavy (non-hydrogen) atoms. The number of hydrogen-bond acceptors (Lipinski definition) is 3. The highest BCUT2D eigenvalue weighted by atomic mass is 35.5. The zero-order chi connectivity index (χ0) is 13.7. The smallest absolute Gasteiger partial charge is 0.307 e. The van der Waals surface area contributed by atoms with Gasteiger partial charge in [0, 0.05) is 6.54 Å². The molecule has 0 aliphatic rings. The normalized spacial score (nSPS) is 10.0. The number of carbonyl (C=O) groups excluding carboxylic acids is 2. The largest absolute Gasteiger partial charge is 0.469 e. The number of halogens is 3. The topological polar surface area (TPSA) is 55.4 Å². The van der Waals surface area contributed by atoms with E-state index < -0.39 is 34.1 Å². The number of amides is 1. The fourth-order valence-corrected chi connectivity index (χ4v) is 1.32. The van der Waals surface area contributed by atoms with E-state index >= 15 is 0 Å². The van der Waals surface area contributed by atoms with Gasteiger partial charge < -0.3 is 10.1 Å². The van der Waals surface area contributed by atoms with Crippen LogP contribution in [0.2, 0.25) is 5.02 Å². The van der Waals surface area contributed by atoms with E-state index in [1.54, 1.807) is 0 Å². The average molecular weight is 278 g/mol. The van der Waals surface area contributed by atoms with Crippen molar-refractivity contribution >= 4 is 23.5 Å². The van der Waals surface area contributed by atoms with Gasteiger partial charge in [-0.15, -0.1) is 0 Å². The van der Waals surface area contributed by atoms with Crippen molar-refractivity contribution in [2.45, 2.75) is 6.42 Å². The van der Waals surface area contributed by atoms with Crippen molar-refractivity contribution in [3.8, 4) is 0 Å². The van der Waals surface area contributed by atoms with Crippen molar-refractivity contribution in [3.05, 3.63) is 34.4 Å². The monoisotopic (exact) mass is 277 g/mol. The van der Waals surface area contributed by atoms with E-state index in [4.69, 9.17) is 11.6 Å². The molecule has 4 nitrogen and oxygen atoms in total. The summed E-state index contributed by atoms with van der Waals surface area (Å²) in [6.45, 7) is -0.0325. The number of carbonyl (C=O) groups is 2. The second kappa shape index (κ2) is 6.30.